The zero-order chi connectivity index (χ0) is 12.3. The van der Waals surface area contributed by atoms with Gasteiger partial charge in [-0.15, -0.1) is 0 Å². The summed E-state index contributed by atoms with van der Waals surface area (Å²) >= 11 is 0. The summed E-state index contributed by atoms with van der Waals surface area (Å²) in [4.78, 5) is 0. The number of unbranched alkanes of at least 4 members (excludes halogenated alkanes) is 1. The molecule has 1 aromatic rings. The van der Waals surface area contributed by atoms with Crippen molar-refractivity contribution in [3.63, 3.8) is 0 Å². The summed E-state index contributed by atoms with van der Waals surface area (Å²) in [5.41, 5.74) is 1.29. The van der Waals surface area contributed by atoms with Crippen molar-refractivity contribution < 1.29 is 0 Å². The fourth-order valence-corrected chi connectivity index (χ4v) is 2.62. The molecule has 3 heteroatoms. The number of nitrogens with one attached hydrogen (secondary N) is 1. The van der Waals surface area contributed by atoms with Crippen LogP contribution in [0.2, 0.25) is 0 Å². The lowest BCUT2D eigenvalue weighted by Crippen LogP contribution is -2.21. The molecule has 1 aliphatic rings. The van der Waals surface area contributed by atoms with Gasteiger partial charge >= 0.3 is 0 Å². The van der Waals surface area contributed by atoms with Crippen LogP contribution in [-0.4, -0.2) is 16.3 Å². The van der Waals surface area contributed by atoms with Crippen molar-refractivity contribution >= 4 is 5.82 Å². The SMILES string of the molecule is CCCCC(CC)c1cc2n(n1)C(C)CCN2. The minimum Gasteiger partial charge on any atom is -0.370 e. The molecule has 2 atom stereocenters. The summed E-state index contributed by atoms with van der Waals surface area (Å²) in [5.74, 6) is 1.86. The molecule has 17 heavy (non-hydrogen) atoms. The molecule has 1 aliphatic heterocycles. The topological polar surface area (TPSA) is 29.9 Å². The first-order chi connectivity index (χ1) is 8.26. The van der Waals surface area contributed by atoms with E-state index in [0.717, 1.165) is 6.54 Å². The van der Waals surface area contributed by atoms with Gasteiger partial charge in [-0.2, -0.15) is 5.10 Å². The van der Waals surface area contributed by atoms with Gasteiger partial charge in [0.25, 0.3) is 0 Å². The minimum absolute atomic E-state index is 0.545. The predicted octanol–water partition coefficient (Wildman–Crippen LogP) is 3.94. The van der Waals surface area contributed by atoms with Crippen molar-refractivity contribution in [2.75, 3.05) is 11.9 Å². The molecular weight excluding hydrogens is 210 g/mol. The molecule has 0 aliphatic carbocycles. The quantitative estimate of drug-likeness (QED) is 0.837. The summed E-state index contributed by atoms with van der Waals surface area (Å²) in [6.45, 7) is 7.87. The maximum atomic E-state index is 4.81. The van der Waals surface area contributed by atoms with E-state index in [-0.39, 0.29) is 0 Å². The Hall–Kier alpha value is -0.990. The zero-order valence-corrected chi connectivity index (χ0v) is 11.4. The molecule has 0 spiro atoms. The van der Waals surface area contributed by atoms with Crippen LogP contribution in [0.3, 0.4) is 0 Å². The highest BCUT2D eigenvalue weighted by molar-refractivity contribution is 5.40. The molecule has 0 fully saturated rings. The van der Waals surface area contributed by atoms with Crippen molar-refractivity contribution in [2.24, 2.45) is 0 Å². The Morgan fingerprint density at radius 1 is 1.53 bits per heavy atom. The second kappa shape index (κ2) is 5.56. The van der Waals surface area contributed by atoms with Gasteiger partial charge in [0, 0.05) is 18.5 Å². The van der Waals surface area contributed by atoms with Crippen LogP contribution in [0.4, 0.5) is 5.82 Å². The third-order valence-electron chi connectivity index (χ3n) is 3.86. The van der Waals surface area contributed by atoms with E-state index in [4.69, 9.17) is 5.10 Å². The number of hydrogen-bond acceptors (Lipinski definition) is 2. The van der Waals surface area contributed by atoms with E-state index >= 15 is 0 Å². The summed E-state index contributed by atoms with van der Waals surface area (Å²) in [5, 5.41) is 8.26. The number of hydrogen-bond donors (Lipinski definition) is 1. The first-order valence-corrected chi connectivity index (χ1v) is 7.09. The second-order valence-electron chi connectivity index (χ2n) is 5.21. The molecule has 0 amide bonds. The maximum Gasteiger partial charge on any atom is 0.124 e. The third kappa shape index (κ3) is 2.64. The van der Waals surface area contributed by atoms with E-state index in [1.807, 2.05) is 0 Å². The molecule has 0 saturated heterocycles. The van der Waals surface area contributed by atoms with Crippen molar-refractivity contribution in [1.82, 2.24) is 9.78 Å². The summed E-state index contributed by atoms with van der Waals surface area (Å²) in [6.07, 6.45) is 6.24. The van der Waals surface area contributed by atoms with Gasteiger partial charge in [0.05, 0.1) is 11.7 Å². The molecule has 0 saturated carbocycles. The molecule has 1 aromatic heterocycles. The number of fused-ring (bicyclic) bond motifs is 1. The van der Waals surface area contributed by atoms with Crippen LogP contribution in [-0.2, 0) is 0 Å². The van der Waals surface area contributed by atoms with Crippen LogP contribution in [0.1, 0.15) is 70.5 Å². The van der Waals surface area contributed by atoms with Crippen LogP contribution in [0.5, 0.6) is 0 Å². The first-order valence-electron chi connectivity index (χ1n) is 7.09. The number of rotatable bonds is 5. The number of anilines is 1. The summed E-state index contributed by atoms with van der Waals surface area (Å²) in [7, 11) is 0. The van der Waals surface area contributed by atoms with Crippen LogP contribution in [0.25, 0.3) is 0 Å². The summed E-state index contributed by atoms with van der Waals surface area (Å²) in [6, 6.07) is 2.81. The number of aromatic nitrogens is 2. The highest BCUT2D eigenvalue weighted by Gasteiger charge is 2.20. The van der Waals surface area contributed by atoms with Gasteiger partial charge in [0.2, 0.25) is 0 Å². The second-order valence-corrected chi connectivity index (χ2v) is 5.21. The van der Waals surface area contributed by atoms with Crippen molar-refractivity contribution in [1.29, 1.82) is 0 Å². The Morgan fingerprint density at radius 3 is 3.00 bits per heavy atom. The van der Waals surface area contributed by atoms with E-state index in [1.165, 1.54) is 43.6 Å². The smallest absolute Gasteiger partial charge is 0.124 e. The highest BCUT2D eigenvalue weighted by Crippen LogP contribution is 2.30. The Kier molecular flexibility index (Phi) is 4.08. The molecule has 0 radical (unpaired) electrons. The molecule has 96 valence electrons. The van der Waals surface area contributed by atoms with E-state index in [2.05, 4.69) is 36.8 Å². The van der Waals surface area contributed by atoms with Crippen LogP contribution in [0.15, 0.2) is 6.07 Å². The van der Waals surface area contributed by atoms with Crippen molar-refractivity contribution in [2.45, 2.75) is 64.8 Å². The summed E-state index contributed by atoms with van der Waals surface area (Å²) < 4.78 is 2.17. The molecule has 2 heterocycles. The van der Waals surface area contributed by atoms with E-state index in [1.54, 1.807) is 0 Å². The Labute approximate surface area is 105 Å². The van der Waals surface area contributed by atoms with Gasteiger partial charge in [0.15, 0.2) is 0 Å². The third-order valence-corrected chi connectivity index (χ3v) is 3.86. The highest BCUT2D eigenvalue weighted by atomic mass is 15.4. The fraction of sp³-hybridized carbons (Fsp3) is 0.786. The largest absolute Gasteiger partial charge is 0.370 e. The van der Waals surface area contributed by atoms with E-state index in [9.17, 15) is 0 Å². The Bertz CT molecular complexity index is 356. The standard InChI is InChI=1S/C14H25N3/c1-4-6-7-12(5-2)13-10-14-15-9-8-11(3)17(14)16-13/h10-12,15H,4-9H2,1-3H3. The molecule has 2 rings (SSSR count). The van der Waals surface area contributed by atoms with Gasteiger partial charge < -0.3 is 5.32 Å². The predicted molar refractivity (Wildman–Crippen MR) is 72.6 cm³/mol. The monoisotopic (exact) mass is 235 g/mol. The fourth-order valence-electron chi connectivity index (χ4n) is 2.62. The van der Waals surface area contributed by atoms with Crippen LogP contribution in [0, 0.1) is 0 Å². The normalized spacial score (nSPS) is 20.8. The molecule has 0 bridgehead atoms. The maximum absolute atomic E-state index is 4.81. The number of nitrogens with zero attached hydrogens (tertiary/aromatic N) is 2. The minimum atomic E-state index is 0.545. The average Bonchev–Trinajstić information content (AvgIpc) is 2.75. The zero-order valence-electron chi connectivity index (χ0n) is 11.4. The molecule has 1 N–H and O–H groups in total. The molecule has 2 unspecified atom stereocenters. The first kappa shape index (κ1) is 12.5. The van der Waals surface area contributed by atoms with E-state index in [0.29, 0.717) is 12.0 Å². The molecule has 0 aromatic carbocycles. The Balaban J connectivity index is 2.15. The van der Waals surface area contributed by atoms with E-state index < -0.39 is 0 Å². The van der Waals surface area contributed by atoms with Gasteiger partial charge in [-0.25, -0.2) is 4.68 Å². The van der Waals surface area contributed by atoms with Crippen molar-refractivity contribution in [3.8, 4) is 0 Å². The lowest BCUT2D eigenvalue weighted by atomic mass is 9.96. The van der Waals surface area contributed by atoms with Crippen molar-refractivity contribution in [3.05, 3.63) is 11.8 Å². The average molecular weight is 235 g/mol. The van der Waals surface area contributed by atoms with Gasteiger partial charge in [-0.3, -0.25) is 0 Å². The lowest BCUT2D eigenvalue weighted by molar-refractivity contribution is 0.442. The van der Waals surface area contributed by atoms with Gasteiger partial charge in [-0.05, 0) is 26.2 Å². The van der Waals surface area contributed by atoms with Crippen LogP contribution < -0.4 is 5.32 Å². The van der Waals surface area contributed by atoms with Crippen LogP contribution >= 0.6 is 0 Å². The molecule has 3 nitrogen and oxygen atoms in total. The lowest BCUT2D eigenvalue weighted by Gasteiger charge is -2.21. The van der Waals surface area contributed by atoms with Gasteiger partial charge in [0.1, 0.15) is 5.82 Å². The van der Waals surface area contributed by atoms with Gasteiger partial charge in [-0.1, -0.05) is 26.7 Å². The molecular formula is C14H25N3. The Morgan fingerprint density at radius 2 is 2.35 bits per heavy atom.